The van der Waals surface area contributed by atoms with E-state index in [1.165, 1.54) is 49.0 Å². The first kappa shape index (κ1) is 21.8. The molecule has 0 saturated heterocycles. The summed E-state index contributed by atoms with van der Waals surface area (Å²) in [7, 11) is 0. The van der Waals surface area contributed by atoms with Gasteiger partial charge in [-0.05, 0) is 60.6 Å². The van der Waals surface area contributed by atoms with Gasteiger partial charge >= 0.3 is 0 Å². The van der Waals surface area contributed by atoms with E-state index in [0.29, 0.717) is 0 Å². The Balaban J connectivity index is 1.62. The molecule has 1 aromatic heterocycles. The number of nitrogens with one attached hydrogen (secondary N) is 1. The number of aromatic nitrogens is 3. The van der Waals surface area contributed by atoms with E-state index < -0.39 is 0 Å². The smallest absolute Gasteiger partial charge is 0.121 e. The molecular weight excluding hydrogens is 474 g/mol. The van der Waals surface area contributed by atoms with Crippen molar-refractivity contribution in [2.75, 3.05) is 0 Å². The van der Waals surface area contributed by atoms with E-state index in [-0.39, 0.29) is 0 Å². The topological polar surface area (TPSA) is 41.6 Å². The summed E-state index contributed by atoms with van der Waals surface area (Å²) in [4.78, 5) is 0. The van der Waals surface area contributed by atoms with E-state index in [9.17, 15) is 0 Å². The fraction of sp³-hybridized carbons (Fsp3) is 0. The molecule has 182 valence electrons. The Morgan fingerprint density at radius 1 is 0.410 bits per heavy atom. The molecule has 0 saturated carbocycles. The van der Waals surface area contributed by atoms with Crippen molar-refractivity contribution in [2.24, 2.45) is 0 Å². The lowest BCUT2D eigenvalue weighted by atomic mass is 9.82. The molecule has 1 heterocycles. The van der Waals surface area contributed by atoms with Gasteiger partial charge in [0, 0.05) is 11.1 Å². The quantitative estimate of drug-likeness (QED) is 0.264. The molecule has 3 nitrogen and oxygen atoms in total. The van der Waals surface area contributed by atoms with E-state index in [2.05, 4.69) is 149 Å². The van der Waals surface area contributed by atoms with Crippen molar-refractivity contribution in [3.8, 4) is 33.4 Å². The minimum atomic E-state index is 0.873. The number of H-pyrrole nitrogens is 1. The van der Waals surface area contributed by atoms with Gasteiger partial charge in [-0.3, -0.25) is 5.10 Å². The molecule has 0 aliphatic rings. The van der Waals surface area contributed by atoms with Crippen molar-refractivity contribution in [3.63, 3.8) is 0 Å². The zero-order chi connectivity index (χ0) is 25.8. The van der Waals surface area contributed by atoms with Crippen LogP contribution in [0.25, 0.3) is 76.7 Å². The third-order valence-corrected chi connectivity index (χ3v) is 7.82. The Morgan fingerprint density at radius 3 is 1.46 bits per heavy atom. The predicted octanol–water partition coefficient (Wildman–Crippen LogP) is 9.42. The predicted molar refractivity (Wildman–Crippen MR) is 163 cm³/mol. The minimum absolute atomic E-state index is 0.873. The van der Waals surface area contributed by atoms with Gasteiger partial charge in [-0.2, -0.15) is 0 Å². The molecule has 0 fully saturated rings. The fourth-order valence-electron chi connectivity index (χ4n) is 6.09. The van der Waals surface area contributed by atoms with Crippen LogP contribution in [-0.2, 0) is 0 Å². The molecule has 39 heavy (non-hydrogen) atoms. The van der Waals surface area contributed by atoms with Crippen LogP contribution in [0, 0.1) is 0 Å². The van der Waals surface area contributed by atoms with Crippen LogP contribution in [0.1, 0.15) is 0 Å². The Kier molecular flexibility index (Phi) is 4.82. The second-order valence-corrected chi connectivity index (χ2v) is 9.96. The molecule has 0 atom stereocenters. The maximum Gasteiger partial charge on any atom is 0.121 e. The van der Waals surface area contributed by atoms with Gasteiger partial charge in [-0.25, -0.2) is 0 Å². The normalized spacial score (nSPS) is 11.6. The average Bonchev–Trinajstić information content (AvgIpc) is 3.48. The molecule has 8 aromatic rings. The Morgan fingerprint density at radius 2 is 0.872 bits per heavy atom. The highest BCUT2D eigenvalue weighted by atomic mass is 15.3. The van der Waals surface area contributed by atoms with E-state index in [1.807, 2.05) is 0 Å². The Labute approximate surface area is 225 Å². The van der Waals surface area contributed by atoms with Crippen molar-refractivity contribution >= 4 is 43.4 Å². The lowest BCUT2D eigenvalue weighted by molar-refractivity contribution is 0.959. The molecule has 0 bridgehead atoms. The third kappa shape index (κ3) is 3.37. The lowest BCUT2D eigenvalue weighted by Gasteiger charge is -2.20. The standard InChI is InChI=1S/C36H23N3/c1-4-16-26-23(10-1)13-7-19-29(26)32-22-33-36(38-39-37-33)35(31-21-9-15-25-12-3-6-18-28(25)31)34(32)30-20-8-14-24-11-2-5-17-27(24)30/h1-22H,(H,37,38,39). The summed E-state index contributed by atoms with van der Waals surface area (Å²) in [6.45, 7) is 0. The molecule has 0 aliphatic heterocycles. The largest absolute Gasteiger partial charge is 0.257 e. The number of rotatable bonds is 3. The van der Waals surface area contributed by atoms with Crippen LogP contribution in [0.4, 0.5) is 0 Å². The van der Waals surface area contributed by atoms with Crippen molar-refractivity contribution in [3.05, 3.63) is 133 Å². The third-order valence-electron chi connectivity index (χ3n) is 7.82. The Bertz CT molecular complexity index is 2170. The van der Waals surface area contributed by atoms with Crippen LogP contribution in [0.15, 0.2) is 133 Å². The first-order chi connectivity index (χ1) is 19.4. The number of fused-ring (bicyclic) bond motifs is 4. The average molecular weight is 498 g/mol. The van der Waals surface area contributed by atoms with Crippen molar-refractivity contribution in [2.45, 2.75) is 0 Å². The SMILES string of the molecule is c1ccc2c(-c3cc4[nH]nnc4c(-c4cccc5ccccc45)c3-c3cccc4ccccc34)cccc2c1. The monoisotopic (exact) mass is 497 g/mol. The van der Waals surface area contributed by atoms with Gasteiger partial charge in [0.15, 0.2) is 0 Å². The molecule has 1 N–H and O–H groups in total. The van der Waals surface area contributed by atoms with Crippen molar-refractivity contribution in [1.29, 1.82) is 0 Å². The van der Waals surface area contributed by atoms with Gasteiger partial charge < -0.3 is 0 Å². The van der Waals surface area contributed by atoms with Crippen LogP contribution in [0.5, 0.6) is 0 Å². The summed E-state index contributed by atoms with van der Waals surface area (Å²) in [5.41, 5.74) is 8.74. The molecule has 0 spiro atoms. The molecule has 0 unspecified atom stereocenters. The van der Waals surface area contributed by atoms with E-state index in [4.69, 9.17) is 0 Å². The zero-order valence-corrected chi connectivity index (χ0v) is 21.1. The summed E-state index contributed by atoms with van der Waals surface area (Å²) >= 11 is 0. The van der Waals surface area contributed by atoms with Crippen LogP contribution in [-0.4, -0.2) is 15.4 Å². The molecule has 8 rings (SSSR count). The number of hydrogen-bond donors (Lipinski definition) is 1. The Hall–Kier alpha value is -5.28. The second kappa shape index (κ2) is 8.64. The second-order valence-electron chi connectivity index (χ2n) is 9.96. The van der Waals surface area contributed by atoms with Crippen LogP contribution in [0.2, 0.25) is 0 Å². The van der Waals surface area contributed by atoms with Gasteiger partial charge in [0.1, 0.15) is 5.52 Å². The van der Waals surface area contributed by atoms with E-state index in [0.717, 1.165) is 27.7 Å². The van der Waals surface area contributed by atoms with Crippen molar-refractivity contribution < 1.29 is 0 Å². The van der Waals surface area contributed by atoms with Gasteiger partial charge in [0.2, 0.25) is 0 Å². The van der Waals surface area contributed by atoms with Gasteiger partial charge in [-0.15, -0.1) is 5.10 Å². The first-order valence-corrected chi connectivity index (χ1v) is 13.2. The zero-order valence-electron chi connectivity index (χ0n) is 21.1. The van der Waals surface area contributed by atoms with E-state index in [1.54, 1.807) is 0 Å². The van der Waals surface area contributed by atoms with Crippen LogP contribution in [0.3, 0.4) is 0 Å². The highest BCUT2D eigenvalue weighted by Crippen LogP contribution is 2.48. The molecular formula is C36H23N3. The lowest BCUT2D eigenvalue weighted by Crippen LogP contribution is -1.95. The van der Waals surface area contributed by atoms with Gasteiger partial charge in [0.25, 0.3) is 0 Å². The fourth-order valence-corrected chi connectivity index (χ4v) is 6.09. The van der Waals surface area contributed by atoms with Gasteiger partial charge in [0.05, 0.1) is 5.52 Å². The molecule has 3 heteroatoms. The summed E-state index contributed by atoms with van der Waals surface area (Å²) in [6.07, 6.45) is 0. The van der Waals surface area contributed by atoms with Crippen molar-refractivity contribution in [1.82, 2.24) is 15.4 Å². The van der Waals surface area contributed by atoms with Crippen LogP contribution < -0.4 is 0 Å². The number of hydrogen-bond acceptors (Lipinski definition) is 2. The highest BCUT2D eigenvalue weighted by Gasteiger charge is 2.23. The first-order valence-electron chi connectivity index (χ1n) is 13.2. The molecule has 0 amide bonds. The molecule has 0 radical (unpaired) electrons. The summed E-state index contributed by atoms with van der Waals surface area (Å²) < 4.78 is 0. The summed E-state index contributed by atoms with van der Waals surface area (Å²) in [5, 5.41) is 19.4. The maximum atomic E-state index is 4.66. The number of nitrogens with zero attached hydrogens (tertiary/aromatic N) is 2. The van der Waals surface area contributed by atoms with Crippen LogP contribution >= 0.6 is 0 Å². The van der Waals surface area contributed by atoms with Gasteiger partial charge in [-0.1, -0.05) is 133 Å². The van der Waals surface area contributed by atoms with E-state index >= 15 is 0 Å². The maximum absolute atomic E-state index is 4.66. The summed E-state index contributed by atoms with van der Waals surface area (Å²) in [5.74, 6) is 0. The molecule has 7 aromatic carbocycles. The number of benzene rings is 7. The molecule has 0 aliphatic carbocycles. The minimum Gasteiger partial charge on any atom is -0.257 e. The summed E-state index contributed by atoms with van der Waals surface area (Å²) in [6, 6.07) is 47.7. The highest BCUT2D eigenvalue weighted by molar-refractivity contribution is 6.17. The number of aromatic amines is 1.